The number of carbonyl (C=O) groups excluding carboxylic acids is 7. The molecular weight excluding hydrogens is 1560 g/mol. The fourth-order valence-electron chi connectivity index (χ4n) is 16.8. The van der Waals surface area contributed by atoms with Gasteiger partial charge in [-0.2, -0.15) is 0 Å². The van der Waals surface area contributed by atoms with Gasteiger partial charge in [0, 0.05) is 60.2 Å². The molecule has 7 amide bonds. The maximum atomic E-state index is 16.5. The average molecular weight is 1650 g/mol. The molecule has 8 heterocycles. The molecule has 8 aliphatic heterocycles. The van der Waals surface area contributed by atoms with E-state index in [0.717, 1.165) is 0 Å². The third-order valence-electron chi connectivity index (χ3n) is 22.9. The average Bonchev–Trinajstić information content (AvgIpc) is 1.72. The molecule has 0 aromatic heterocycles. The Bertz CT molecular complexity index is 4580. The van der Waals surface area contributed by atoms with E-state index in [-0.39, 0.29) is 113 Å². The van der Waals surface area contributed by atoms with Gasteiger partial charge in [0.2, 0.25) is 53.4 Å². The predicted molar refractivity (Wildman–Crippen MR) is 415 cm³/mol. The Hall–Kier alpha value is -8.58. The molecule has 31 nitrogen and oxygen atoms in total. The second-order valence-electron chi connectivity index (χ2n) is 31.3. The van der Waals surface area contributed by atoms with Crippen LogP contribution in [-0.2, 0) is 54.3 Å². The molecule has 618 valence electrons. The SMILES string of the molecule is CN[C@H](CC(C)C)C(=O)N[C@H]1C(=O)N[C@@H](CCC(N)=O)C(=O)N[C@H]2C(=O)N[C@H]3C(=O)N[C@H](C(=O)N[C@H](CO)C4=CC(O)CC(O)=C4C4CC3=CC=C4CO)[C@H](O)C3=CC=C(Oc4cc2cc(c4O[C@H]2OC(CO)C(O)[C@@H]4c5cc(ccc5-c5ccc(Cl)cc5)CNC5(C)C[C@H](OC24)OC(C)[C@H]5O)OC2=C(Cl)C=C(CC2)[C@H]1O)C(Cl)C3. The zero-order valence-electron chi connectivity index (χ0n) is 63.5. The van der Waals surface area contributed by atoms with Crippen molar-refractivity contribution in [1.29, 1.82) is 0 Å². The number of fused-ring (bicyclic) bond motifs is 21. The summed E-state index contributed by atoms with van der Waals surface area (Å²) in [5.74, 6) is -12.0. The molecule has 8 unspecified atom stereocenters. The Balaban J connectivity index is 1.06. The van der Waals surface area contributed by atoms with E-state index in [0.29, 0.717) is 27.3 Å². The Kier molecular flexibility index (Phi) is 25.9. The summed E-state index contributed by atoms with van der Waals surface area (Å²) in [5, 5.41) is 128. The van der Waals surface area contributed by atoms with Crippen LogP contribution in [0.5, 0.6) is 17.2 Å². The number of hydrogen-bond acceptors (Lipinski definition) is 24. The normalized spacial score (nSPS) is 32.8. The summed E-state index contributed by atoms with van der Waals surface area (Å²) in [7, 11) is 1.53. The molecule has 21 atom stereocenters. The van der Waals surface area contributed by atoms with E-state index in [4.69, 9.17) is 69.0 Å². The fourth-order valence-corrected chi connectivity index (χ4v) is 17.5. The van der Waals surface area contributed by atoms with Crippen LogP contribution in [0, 0.1) is 11.8 Å². The number of nitrogens with two attached hydrogens (primary N) is 1. The van der Waals surface area contributed by atoms with Crippen LogP contribution in [0.3, 0.4) is 0 Å². The highest BCUT2D eigenvalue weighted by molar-refractivity contribution is 6.31. The number of allylic oxidation sites excluding steroid dienone is 8. The monoisotopic (exact) mass is 1650 g/mol. The summed E-state index contributed by atoms with van der Waals surface area (Å²) in [4.78, 5) is 106. The number of nitrogens with one attached hydrogen (secondary N) is 8. The lowest BCUT2D eigenvalue weighted by molar-refractivity contribution is -0.317. The lowest BCUT2D eigenvalue weighted by Crippen LogP contribution is -2.63. The summed E-state index contributed by atoms with van der Waals surface area (Å²) in [6.45, 7) is 5.06. The van der Waals surface area contributed by atoms with Crippen molar-refractivity contribution in [3.05, 3.63) is 169 Å². The number of likely N-dealkylation sites (N-methyl/N-ethyl adjacent to an activating group) is 1. The van der Waals surface area contributed by atoms with Gasteiger partial charge in [-0.1, -0.05) is 85.6 Å². The molecule has 3 aromatic rings. The fraction of sp³-hybridized carbons (Fsp3) is 0.494. The molecule has 3 saturated heterocycles. The van der Waals surface area contributed by atoms with Crippen molar-refractivity contribution in [2.75, 3.05) is 26.9 Å². The van der Waals surface area contributed by atoms with Crippen molar-refractivity contribution in [2.45, 2.75) is 213 Å². The smallest absolute Gasteiger partial charge is 0.248 e. The van der Waals surface area contributed by atoms with Gasteiger partial charge in [0.05, 0.1) is 72.5 Å². The Morgan fingerprint density at radius 2 is 1.48 bits per heavy atom. The number of alkyl halides is 1. The second kappa shape index (κ2) is 35.3. The zero-order valence-corrected chi connectivity index (χ0v) is 65.8. The first-order valence-corrected chi connectivity index (χ1v) is 39.5. The highest BCUT2D eigenvalue weighted by atomic mass is 35.5. The van der Waals surface area contributed by atoms with E-state index in [1.54, 1.807) is 31.2 Å². The van der Waals surface area contributed by atoms with Gasteiger partial charge in [-0.25, -0.2) is 0 Å². The minimum Gasteiger partial charge on any atom is -0.512 e. The van der Waals surface area contributed by atoms with Crippen LogP contribution < -0.4 is 62.5 Å². The third kappa shape index (κ3) is 17.8. The van der Waals surface area contributed by atoms with Crippen molar-refractivity contribution in [1.82, 2.24) is 42.5 Å². The minimum absolute atomic E-state index is 0.0118. The first-order valence-electron chi connectivity index (χ1n) is 38.3. The van der Waals surface area contributed by atoms with Crippen molar-refractivity contribution in [3.8, 4) is 28.4 Å². The van der Waals surface area contributed by atoms with E-state index in [2.05, 4.69) is 42.5 Å². The number of amides is 7. The van der Waals surface area contributed by atoms with Gasteiger partial charge in [0.1, 0.15) is 66.1 Å². The Morgan fingerprint density at radius 3 is 2.17 bits per heavy atom. The largest absolute Gasteiger partial charge is 0.512 e. The standard InChI is InChI=1S/C81H96Cl3N9O22/c1-34(2)20-52(86-5)75(105)92-66-68(100)39-11-17-55(49(83)23-39)111-57-25-42-26-58(71(57)115-80-72-63(70(102)59(33-96)113-80)47-21-36(6-15-45(47)37-9-13-43(82)14-10-37)30-87-81(4)29-61(114-72)110-35(3)73(81)103)112-56-18-12-40(24-50(56)84)69(101)67-79(109)89-53(32-95)48-27-44(97)28-54(98)62(48)46-22-38(7-8-41(46)31-94)64(76(106)93-67)91-77(107)65(42)90-74(104)51(88-78(66)108)16-19-60(85)99/h6-10,12-15,18,21,23,25-27,34-35,44,46,50-53,59,61,63-70,72-73,80,86-87,94-98,100-103H,11,16-17,19-20,22,24,28-33H2,1-5H3,(H2,85,99)(H,88,108)(H,89,109)(H,90,104)(H,91,107)(H,92,105)(H,93,106)/t35?,44?,46?,50?,51-,52+,53+,59?,61-,63-,64+,65+,66+,67-,68+,69+,70?,72?,73+,80+,81?/m0/s1. The number of carbonyl (C=O) groups is 7. The Labute approximate surface area is 677 Å². The van der Waals surface area contributed by atoms with Crippen LogP contribution in [0.15, 0.2) is 147 Å². The molecule has 15 rings (SSSR count). The Morgan fingerprint density at radius 1 is 0.765 bits per heavy atom. The molecule has 0 radical (unpaired) electrons. The number of aliphatic hydroxyl groups is 9. The van der Waals surface area contributed by atoms with Gasteiger partial charge in [-0.3, -0.25) is 33.6 Å². The van der Waals surface area contributed by atoms with Crippen LogP contribution >= 0.6 is 34.8 Å². The second-order valence-corrected chi connectivity index (χ2v) is 32.7. The maximum absolute atomic E-state index is 16.5. The van der Waals surface area contributed by atoms with Gasteiger partial charge >= 0.3 is 0 Å². The summed E-state index contributed by atoms with van der Waals surface area (Å²) in [5.41, 5.74) is 7.16. The molecule has 0 spiro atoms. The van der Waals surface area contributed by atoms with Crippen LogP contribution in [0.4, 0.5) is 0 Å². The van der Waals surface area contributed by atoms with Crippen molar-refractivity contribution in [3.63, 3.8) is 0 Å². The van der Waals surface area contributed by atoms with Gasteiger partial charge in [0.25, 0.3) is 0 Å². The van der Waals surface area contributed by atoms with E-state index in [1.165, 1.54) is 55.6 Å². The molecule has 115 heavy (non-hydrogen) atoms. The number of benzene rings is 3. The first-order chi connectivity index (χ1) is 54.8. The number of rotatable bonds is 14. The van der Waals surface area contributed by atoms with Gasteiger partial charge in [-0.05, 0) is 157 Å². The highest BCUT2D eigenvalue weighted by Gasteiger charge is 2.54. The summed E-state index contributed by atoms with van der Waals surface area (Å²) in [6.07, 6.45) is -9.18. The number of primary amides is 1. The number of hydrogen-bond donors (Lipinski definition) is 18. The van der Waals surface area contributed by atoms with Gasteiger partial charge in [-0.15, -0.1) is 11.6 Å². The topological polar surface area (TPSA) is 479 Å². The summed E-state index contributed by atoms with van der Waals surface area (Å²) in [6, 6.07) is 2.64. The summed E-state index contributed by atoms with van der Waals surface area (Å²) >= 11 is 21.3. The lowest BCUT2D eigenvalue weighted by Gasteiger charge is -2.49. The molecular formula is C81H96Cl3N9O22. The zero-order chi connectivity index (χ0) is 82.3. The predicted octanol–water partition coefficient (Wildman–Crippen LogP) is 2.34. The van der Waals surface area contributed by atoms with Crippen LogP contribution in [-0.4, -0.2) is 223 Å². The molecule has 19 N–H and O–H groups in total. The van der Waals surface area contributed by atoms with Gasteiger partial charge < -0.3 is 123 Å². The van der Waals surface area contributed by atoms with E-state index in [9.17, 15) is 55.5 Å². The van der Waals surface area contributed by atoms with E-state index < -0.39 is 223 Å². The maximum Gasteiger partial charge on any atom is 0.248 e. The van der Waals surface area contributed by atoms with Crippen molar-refractivity contribution >= 4 is 76.2 Å². The molecule has 3 aromatic carbocycles. The van der Waals surface area contributed by atoms with E-state index in [1.807, 2.05) is 39.0 Å². The quantitative estimate of drug-likeness (QED) is 0.103. The van der Waals surface area contributed by atoms with E-state index >= 15 is 24.0 Å². The number of aliphatic hydroxyl groups excluding tert-OH is 9. The minimum atomic E-state index is -2.19. The number of halogens is 3. The molecule has 15 bridgehead atoms. The van der Waals surface area contributed by atoms with Crippen LogP contribution in [0.1, 0.15) is 114 Å². The van der Waals surface area contributed by atoms with Crippen molar-refractivity contribution in [2.24, 2.45) is 17.6 Å². The number of ether oxygens (including phenoxy) is 6. The first kappa shape index (κ1) is 84.3. The molecule has 4 aliphatic carbocycles. The van der Waals surface area contributed by atoms with Crippen LogP contribution in [0.2, 0.25) is 5.02 Å². The molecule has 12 aliphatic rings. The molecule has 0 saturated carbocycles. The highest BCUT2D eigenvalue weighted by Crippen LogP contribution is 2.51. The molecule has 3 fully saturated rings. The third-order valence-corrected chi connectivity index (χ3v) is 23.9. The van der Waals surface area contributed by atoms with Crippen LogP contribution in [0.25, 0.3) is 11.1 Å². The molecule has 34 heteroatoms. The lowest BCUT2D eigenvalue weighted by atomic mass is 9.73. The summed E-state index contributed by atoms with van der Waals surface area (Å²) < 4.78 is 41.8. The van der Waals surface area contributed by atoms with Crippen molar-refractivity contribution < 1.29 is 108 Å². The van der Waals surface area contributed by atoms with Gasteiger partial charge in [0.15, 0.2) is 17.8 Å².